The van der Waals surface area contributed by atoms with Crippen molar-refractivity contribution in [1.82, 2.24) is 4.98 Å². The third-order valence-corrected chi connectivity index (χ3v) is 2.97. The van der Waals surface area contributed by atoms with Crippen molar-refractivity contribution < 1.29 is 9.90 Å². The maximum Gasteiger partial charge on any atom is 0.0456 e. The standard InChI is InChI=1S/C13H15NO2/c1-2-9(7-13(15)16)11-8-14-12-6-4-3-5-10(11)12/h3-6,8-9,14H,2,7H2,1H3,(H,15,16)/p-1/t9-/m0/s1. The molecular formula is C13H14NO2-. The number of fused-ring (bicyclic) bond motifs is 1. The second-order valence-corrected chi connectivity index (χ2v) is 3.97. The van der Waals surface area contributed by atoms with Gasteiger partial charge >= 0.3 is 0 Å². The predicted octanol–water partition coefficient (Wildman–Crippen LogP) is 1.80. The number of aliphatic carboxylic acids is 1. The number of carbonyl (C=O) groups excluding carboxylic acids is 1. The quantitative estimate of drug-likeness (QED) is 0.847. The molecule has 0 amide bonds. The van der Waals surface area contributed by atoms with Crippen molar-refractivity contribution in [2.24, 2.45) is 0 Å². The molecule has 0 aliphatic heterocycles. The Morgan fingerprint density at radius 2 is 2.19 bits per heavy atom. The summed E-state index contributed by atoms with van der Waals surface area (Å²) in [6, 6.07) is 7.93. The zero-order valence-corrected chi connectivity index (χ0v) is 9.19. The van der Waals surface area contributed by atoms with Crippen LogP contribution in [0.2, 0.25) is 0 Å². The molecule has 0 bridgehead atoms. The normalized spacial score (nSPS) is 12.8. The molecule has 2 aromatic rings. The molecule has 1 N–H and O–H groups in total. The molecule has 84 valence electrons. The molecule has 0 saturated carbocycles. The highest BCUT2D eigenvalue weighted by molar-refractivity contribution is 5.84. The number of rotatable bonds is 4. The fourth-order valence-corrected chi connectivity index (χ4v) is 2.11. The summed E-state index contributed by atoms with van der Waals surface area (Å²) >= 11 is 0. The van der Waals surface area contributed by atoms with Crippen LogP contribution in [-0.4, -0.2) is 11.0 Å². The van der Waals surface area contributed by atoms with Crippen molar-refractivity contribution in [3.05, 3.63) is 36.0 Å². The lowest BCUT2D eigenvalue weighted by atomic mass is 9.93. The number of carboxylic acids is 1. The summed E-state index contributed by atoms with van der Waals surface area (Å²) in [5.41, 5.74) is 2.12. The molecule has 0 aliphatic carbocycles. The van der Waals surface area contributed by atoms with Crippen molar-refractivity contribution in [3.63, 3.8) is 0 Å². The van der Waals surface area contributed by atoms with Crippen molar-refractivity contribution in [1.29, 1.82) is 0 Å². The molecule has 2 rings (SSSR count). The van der Waals surface area contributed by atoms with Gasteiger partial charge in [0, 0.05) is 23.1 Å². The number of hydrogen-bond acceptors (Lipinski definition) is 2. The molecular weight excluding hydrogens is 202 g/mol. The second kappa shape index (κ2) is 4.39. The van der Waals surface area contributed by atoms with E-state index in [1.165, 1.54) is 0 Å². The van der Waals surface area contributed by atoms with Gasteiger partial charge in [-0.2, -0.15) is 0 Å². The van der Waals surface area contributed by atoms with Crippen LogP contribution in [0.25, 0.3) is 10.9 Å². The SMILES string of the molecule is CC[C@@H](CC(=O)[O-])c1c[nH]c2ccccc12. The fraction of sp³-hybridized carbons (Fsp3) is 0.308. The maximum absolute atomic E-state index is 10.7. The van der Waals surface area contributed by atoms with E-state index in [1.807, 2.05) is 37.4 Å². The van der Waals surface area contributed by atoms with Crippen LogP contribution in [0.5, 0.6) is 0 Å². The van der Waals surface area contributed by atoms with Crippen molar-refractivity contribution in [3.8, 4) is 0 Å². The smallest absolute Gasteiger partial charge is 0.0456 e. The fourth-order valence-electron chi connectivity index (χ4n) is 2.11. The topological polar surface area (TPSA) is 55.9 Å². The van der Waals surface area contributed by atoms with Gasteiger partial charge in [-0.25, -0.2) is 0 Å². The Balaban J connectivity index is 2.41. The molecule has 0 radical (unpaired) electrons. The average molecular weight is 216 g/mol. The molecule has 3 heteroatoms. The molecule has 1 aromatic heterocycles. The first-order valence-corrected chi connectivity index (χ1v) is 5.48. The van der Waals surface area contributed by atoms with Gasteiger partial charge in [0.05, 0.1) is 0 Å². The molecule has 0 spiro atoms. The minimum Gasteiger partial charge on any atom is -0.550 e. The van der Waals surface area contributed by atoms with E-state index in [0.717, 1.165) is 22.9 Å². The number of para-hydroxylation sites is 1. The lowest BCUT2D eigenvalue weighted by Gasteiger charge is -2.14. The van der Waals surface area contributed by atoms with Crippen molar-refractivity contribution in [2.45, 2.75) is 25.7 Å². The Hall–Kier alpha value is -1.77. The van der Waals surface area contributed by atoms with Crippen LogP contribution >= 0.6 is 0 Å². The first kappa shape index (κ1) is 10.7. The molecule has 0 saturated heterocycles. The molecule has 0 aliphatic rings. The Labute approximate surface area is 94.1 Å². The number of hydrogen-bond donors (Lipinski definition) is 1. The van der Waals surface area contributed by atoms with E-state index in [-0.39, 0.29) is 12.3 Å². The number of carboxylic acid groups (broad SMARTS) is 1. The second-order valence-electron chi connectivity index (χ2n) is 3.97. The third-order valence-electron chi connectivity index (χ3n) is 2.97. The first-order chi connectivity index (χ1) is 7.72. The number of nitrogens with one attached hydrogen (secondary N) is 1. The molecule has 1 heterocycles. The molecule has 0 fully saturated rings. The number of H-pyrrole nitrogens is 1. The van der Waals surface area contributed by atoms with E-state index in [4.69, 9.17) is 0 Å². The van der Waals surface area contributed by atoms with Gasteiger partial charge < -0.3 is 14.9 Å². The van der Waals surface area contributed by atoms with Crippen LogP contribution in [-0.2, 0) is 4.79 Å². The summed E-state index contributed by atoms with van der Waals surface area (Å²) in [5, 5.41) is 11.8. The minimum atomic E-state index is -0.989. The van der Waals surface area contributed by atoms with Gasteiger partial charge in [0.15, 0.2) is 0 Å². The van der Waals surface area contributed by atoms with Crippen molar-refractivity contribution >= 4 is 16.9 Å². The van der Waals surface area contributed by atoms with Crippen molar-refractivity contribution in [2.75, 3.05) is 0 Å². The third kappa shape index (κ3) is 1.94. The minimum absolute atomic E-state index is 0.0288. The molecule has 0 unspecified atom stereocenters. The number of aromatic nitrogens is 1. The zero-order chi connectivity index (χ0) is 11.5. The number of carbonyl (C=O) groups is 1. The lowest BCUT2D eigenvalue weighted by molar-refractivity contribution is -0.306. The van der Waals surface area contributed by atoms with Gasteiger partial charge in [0.1, 0.15) is 0 Å². The van der Waals surface area contributed by atoms with E-state index in [1.54, 1.807) is 0 Å². The summed E-state index contributed by atoms with van der Waals surface area (Å²) in [4.78, 5) is 13.8. The number of aromatic amines is 1. The highest BCUT2D eigenvalue weighted by Crippen LogP contribution is 2.29. The van der Waals surface area contributed by atoms with Gasteiger partial charge in [-0.05, 0) is 30.4 Å². The molecule has 1 aromatic carbocycles. The lowest BCUT2D eigenvalue weighted by Crippen LogP contribution is -2.24. The highest BCUT2D eigenvalue weighted by atomic mass is 16.4. The van der Waals surface area contributed by atoms with Crippen LogP contribution in [0.15, 0.2) is 30.5 Å². The largest absolute Gasteiger partial charge is 0.550 e. The zero-order valence-electron chi connectivity index (χ0n) is 9.19. The Morgan fingerprint density at radius 1 is 1.44 bits per heavy atom. The van der Waals surface area contributed by atoms with Crippen LogP contribution in [0.4, 0.5) is 0 Å². The Bertz CT molecular complexity index is 501. The summed E-state index contributed by atoms with van der Waals surface area (Å²) in [6.45, 7) is 2.00. The van der Waals surface area contributed by atoms with Gasteiger partial charge in [-0.15, -0.1) is 0 Å². The predicted molar refractivity (Wildman–Crippen MR) is 61.0 cm³/mol. The highest BCUT2D eigenvalue weighted by Gasteiger charge is 2.13. The monoisotopic (exact) mass is 216 g/mol. The summed E-state index contributed by atoms with van der Waals surface area (Å²) in [6.07, 6.45) is 2.79. The number of benzene rings is 1. The van der Waals surface area contributed by atoms with E-state index in [2.05, 4.69) is 4.98 Å². The summed E-state index contributed by atoms with van der Waals surface area (Å²) in [5.74, 6) is -0.960. The van der Waals surface area contributed by atoms with Crippen LogP contribution in [0, 0.1) is 0 Å². The van der Waals surface area contributed by atoms with E-state index < -0.39 is 5.97 Å². The van der Waals surface area contributed by atoms with Gasteiger partial charge in [-0.1, -0.05) is 25.1 Å². The van der Waals surface area contributed by atoms with Gasteiger partial charge in [-0.3, -0.25) is 0 Å². The average Bonchev–Trinajstić information content (AvgIpc) is 2.69. The van der Waals surface area contributed by atoms with Crippen LogP contribution in [0.3, 0.4) is 0 Å². The van der Waals surface area contributed by atoms with E-state index in [0.29, 0.717) is 0 Å². The maximum atomic E-state index is 10.7. The Kier molecular flexibility index (Phi) is 2.95. The molecule has 16 heavy (non-hydrogen) atoms. The van der Waals surface area contributed by atoms with E-state index >= 15 is 0 Å². The molecule has 3 nitrogen and oxygen atoms in total. The molecule has 1 atom stereocenters. The van der Waals surface area contributed by atoms with Crippen LogP contribution < -0.4 is 5.11 Å². The summed E-state index contributed by atoms with van der Waals surface area (Å²) in [7, 11) is 0. The summed E-state index contributed by atoms with van der Waals surface area (Å²) < 4.78 is 0. The Morgan fingerprint density at radius 3 is 2.88 bits per heavy atom. The van der Waals surface area contributed by atoms with Gasteiger partial charge in [0.2, 0.25) is 0 Å². The van der Waals surface area contributed by atoms with E-state index in [9.17, 15) is 9.90 Å². The first-order valence-electron chi connectivity index (χ1n) is 5.48. The van der Waals surface area contributed by atoms with Crippen LogP contribution in [0.1, 0.15) is 31.2 Å². The van der Waals surface area contributed by atoms with Gasteiger partial charge in [0.25, 0.3) is 0 Å².